The Hall–Kier alpha value is -2.49. The number of nitrogens with one attached hydrogen (secondary N) is 2. The van der Waals surface area contributed by atoms with Crippen LogP contribution in [-0.2, 0) is 21.4 Å². The van der Waals surface area contributed by atoms with Gasteiger partial charge in [0.1, 0.15) is 11.8 Å². The van der Waals surface area contributed by atoms with Crippen molar-refractivity contribution in [2.24, 2.45) is 5.92 Å². The van der Waals surface area contributed by atoms with Crippen LogP contribution < -0.4 is 14.8 Å². The van der Waals surface area contributed by atoms with Crippen LogP contribution in [0.5, 0.6) is 5.75 Å². The fourth-order valence-electron chi connectivity index (χ4n) is 3.06. The van der Waals surface area contributed by atoms with Gasteiger partial charge in [-0.25, -0.2) is 13.4 Å². The number of thiazole rings is 1. The van der Waals surface area contributed by atoms with E-state index < -0.39 is 22.0 Å². The topological polar surface area (TPSA) is 97.4 Å². The summed E-state index contributed by atoms with van der Waals surface area (Å²) in [6.07, 6.45) is 0. The lowest BCUT2D eigenvalue weighted by Crippen LogP contribution is -2.49. The molecule has 1 unspecified atom stereocenters. The summed E-state index contributed by atoms with van der Waals surface area (Å²) in [7, 11) is -2.32. The number of nitrogens with zero attached hydrogens (tertiary/aromatic N) is 1. The van der Waals surface area contributed by atoms with E-state index >= 15 is 0 Å². The van der Waals surface area contributed by atoms with E-state index in [1.54, 1.807) is 39.2 Å². The van der Waals surface area contributed by atoms with Gasteiger partial charge in [-0.05, 0) is 37.1 Å². The molecule has 1 atom stereocenters. The Morgan fingerprint density at radius 2 is 1.93 bits per heavy atom. The van der Waals surface area contributed by atoms with Gasteiger partial charge in [0.2, 0.25) is 15.9 Å². The lowest BCUT2D eigenvalue weighted by Gasteiger charge is -2.22. The highest BCUT2D eigenvalue weighted by atomic mass is 32.2. The molecule has 0 saturated heterocycles. The number of benzene rings is 2. The van der Waals surface area contributed by atoms with E-state index in [9.17, 15) is 13.2 Å². The number of aromatic nitrogens is 1. The van der Waals surface area contributed by atoms with Crippen molar-refractivity contribution in [3.63, 3.8) is 0 Å². The lowest BCUT2D eigenvalue weighted by molar-refractivity contribution is -0.123. The van der Waals surface area contributed by atoms with Gasteiger partial charge in [-0.15, -0.1) is 11.3 Å². The van der Waals surface area contributed by atoms with E-state index in [1.165, 1.54) is 17.4 Å². The first-order valence-electron chi connectivity index (χ1n) is 9.50. The molecule has 2 N–H and O–H groups in total. The van der Waals surface area contributed by atoms with Crippen LogP contribution in [-0.4, -0.2) is 32.5 Å². The minimum Gasteiger partial charge on any atom is -0.496 e. The minimum absolute atomic E-state index is 0.113. The summed E-state index contributed by atoms with van der Waals surface area (Å²) in [6.45, 7) is 5.70. The van der Waals surface area contributed by atoms with Gasteiger partial charge in [-0.3, -0.25) is 4.79 Å². The molecule has 1 aromatic heterocycles. The number of carbonyl (C=O) groups is 1. The summed E-state index contributed by atoms with van der Waals surface area (Å²) in [5.74, 6) is 0.0219. The molecule has 30 heavy (non-hydrogen) atoms. The minimum atomic E-state index is -3.88. The molecule has 2 aromatic carbocycles. The third kappa shape index (κ3) is 4.97. The normalized spacial score (nSPS) is 12.8. The van der Waals surface area contributed by atoms with Crippen molar-refractivity contribution in [3.8, 4) is 5.75 Å². The average Bonchev–Trinajstić information content (AvgIpc) is 3.09. The fourth-order valence-corrected chi connectivity index (χ4v) is 5.37. The van der Waals surface area contributed by atoms with Crippen LogP contribution in [0, 0.1) is 12.8 Å². The molecule has 9 heteroatoms. The SMILES string of the molecule is COc1ccccc1CNC(=O)C(NS(=O)(=O)c1ccc2nc(C)sc2c1)C(C)C. The van der Waals surface area contributed by atoms with E-state index in [2.05, 4.69) is 15.0 Å². The van der Waals surface area contributed by atoms with Gasteiger partial charge in [-0.1, -0.05) is 32.0 Å². The number of carbonyl (C=O) groups excluding carboxylic acids is 1. The molecule has 3 aromatic rings. The highest BCUT2D eigenvalue weighted by Crippen LogP contribution is 2.25. The van der Waals surface area contributed by atoms with Crippen molar-refractivity contribution >= 4 is 37.5 Å². The standard InChI is InChI=1S/C21H25N3O4S2/c1-13(2)20(21(25)22-12-15-7-5-6-8-18(15)28-4)24-30(26,27)16-9-10-17-19(11-16)29-14(3)23-17/h5-11,13,20,24H,12H2,1-4H3,(H,22,25). The van der Waals surface area contributed by atoms with Crippen molar-refractivity contribution < 1.29 is 17.9 Å². The van der Waals surface area contributed by atoms with E-state index in [4.69, 9.17) is 4.74 Å². The van der Waals surface area contributed by atoms with Crippen LogP contribution in [0.4, 0.5) is 0 Å². The fraction of sp³-hybridized carbons (Fsp3) is 0.333. The van der Waals surface area contributed by atoms with Gasteiger partial charge in [-0.2, -0.15) is 4.72 Å². The second kappa shape index (κ2) is 9.11. The summed E-state index contributed by atoms with van der Waals surface area (Å²) in [5.41, 5.74) is 1.57. The van der Waals surface area contributed by atoms with Crippen molar-refractivity contribution in [1.82, 2.24) is 15.0 Å². The van der Waals surface area contributed by atoms with E-state index in [0.29, 0.717) is 5.75 Å². The predicted octanol–water partition coefficient (Wildman–Crippen LogP) is 3.23. The third-order valence-electron chi connectivity index (χ3n) is 4.65. The molecule has 0 aliphatic rings. The maximum absolute atomic E-state index is 12.9. The molecule has 0 saturated carbocycles. The Morgan fingerprint density at radius 3 is 2.63 bits per heavy atom. The Kier molecular flexibility index (Phi) is 6.74. The second-order valence-electron chi connectivity index (χ2n) is 7.24. The quantitative estimate of drug-likeness (QED) is 0.553. The molecule has 1 amide bonds. The van der Waals surface area contributed by atoms with Crippen LogP contribution in [0.25, 0.3) is 10.2 Å². The van der Waals surface area contributed by atoms with Crippen LogP contribution >= 0.6 is 11.3 Å². The predicted molar refractivity (Wildman–Crippen MR) is 118 cm³/mol. The molecule has 1 heterocycles. The number of ether oxygens (including phenoxy) is 1. The van der Waals surface area contributed by atoms with Crippen molar-refractivity contribution in [2.45, 2.75) is 38.3 Å². The second-order valence-corrected chi connectivity index (χ2v) is 10.2. The van der Waals surface area contributed by atoms with Crippen LogP contribution in [0.15, 0.2) is 47.4 Å². The maximum atomic E-state index is 12.9. The number of fused-ring (bicyclic) bond motifs is 1. The number of hydrogen-bond acceptors (Lipinski definition) is 6. The molecule has 160 valence electrons. The van der Waals surface area contributed by atoms with Gasteiger partial charge in [0.15, 0.2) is 0 Å². The summed E-state index contributed by atoms with van der Waals surface area (Å²) in [4.78, 5) is 17.3. The van der Waals surface area contributed by atoms with Gasteiger partial charge in [0.25, 0.3) is 0 Å². The first-order valence-corrected chi connectivity index (χ1v) is 11.8. The highest BCUT2D eigenvalue weighted by molar-refractivity contribution is 7.89. The van der Waals surface area contributed by atoms with Gasteiger partial charge >= 0.3 is 0 Å². The Balaban J connectivity index is 1.76. The Bertz CT molecular complexity index is 1160. The summed E-state index contributed by atoms with van der Waals surface area (Å²) in [5, 5.41) is 3.67. The molecule has 0 radical (unpaired) electrons. The number of rotatable bonds is 8. The molecule has 0 aliphatic carbocycles. The first-order chi connectivity index (χ1) is 14.2. The van der Waals surface area contributed by atoms with Gasteiger partial charge < -0.3 is 10.1 Å². The van der Waals surface area contributed by atoms with E-state index in [0.717, 1.165) is 20.8 Å². The zero-order chi connectivity index (χ0) is 21.9. The molecule has 0 spiro atoms. The number of aryl methyl sites for hydroxylation is 1. The number of sulfonamides is 1. The molecule has 0 bridgehead atoms. The number of methoxy groups -OCH3 is 1. The third-order valence-corrected chi connectivity index (χ3v) is 7.03. The molecule has 3 rings (SSSR count). The molecule has 0 fully saturated rings. The van der Waals surface area contributed by atoms with Gasteiger partial charge in [0.05, 0.1) is 27.2 Å². The zero-order valence-corrected chi connectivity index (χ0v) is 18.9. The Labute approximate surface area is 180 Å². The van der Waals surface area contributed by atoms with E-state index in [1.807, 2.05) is 25.1 Å². The summed E-state index contributed by atoms with van der Waals surface area (Å²) >= 11 is 1.43. The molecule has 0 aliphatic heterocycles. The lowest BCUT2D eigenvalue weighted by atomic mass is 10.0. The smallest absolute Gasteiger partial charge is 0.241 e. The van der Waals surface area contributed by atoms with Crippen LogP contribution in [0.3, 0.4) is 0 Å². The summed E-state index contributed by atoms with van der Waals surface area (Å²) < 4.78 is 34.5. The molecular weight excluding hydrogens is 422 g/mol. The average molecular weight is 448 g/mol. The van der Waals surface area contributed by atoms with Gasteiger partial charge in [0, 0.05) is 12.1 Å². The Morgan fingerprint density at radius 1 is 1.20 bits per heavy atom. The summed E-state index contributed by atoms with van der Waals surface area (Å²) in [6, 6.07) is 11.2. The number of para-hydroxylation sites is 1. The van der Waals surface area contributed by atoms with Crippen LogP contribution in [0.2, 0.25) is 0 Å². The monoisotopic (exact) mass is 447 g/mol. The highest BCUT2D eigenvalue weighted by Gasteiger charge is 2.28. The maximum Gasteiger partial charge on any atom is 0.241 e. The van der Waals surface area contributed by atoms with Crippen molar-refractivity contribution in [1.29, 1.82) is 0 Å². The van der Waals surface area contributed by atoms with Crippen molar-refractivity contribution in [2.75, 3.05) is 7.11 Å². The molecule has 7 nitrogen and oxygen atoms in total. The number of amides is 1. The number of hydrogen-bond donors (Lipinski definition) is 2. The van der Waals surface area contributed by atoms with Crippen molar-refractivity contribution in [3.05, 3.63) is 53.0 Å². The zero-order valence-electron chi connectivity index (χ0n) is 17.3. The van der Waals surface area contributed by atoms with Crippen LogP contribution in [0.1, 0.15) is 24.4 Å². The largest absolute Gasteiger partial charge is 0.496 e. The first kappa shape index (κ1) is 22.2. The molecular formula is C21H25N3O4S2. The van der Waals surface area contributed by atoms with E-state index in [-0.39, 0.29) is 17.4 Å².